The van der Waals surface area contributed by atoms with Crippen molar-refractivity contribution in [3.05, 3.63) is 315 Å². The average molecular weight is 897 g/mol. The Kier molecular flexibility index (Phi) is 8.90. The van der Waals surface area contributed by atoms with Gasteiger partial charge in [-0.2, -0.15) is 0 Å². The molecule has 1 atom stereocenters. The Bertz CT molecular complexity index is 3650. The highest BCUT2D eigenvalue weighted by Gasteiger charge is 2.60. The summed E-state index contributed by atoms with van der Waals surface area (Å²) >= 11 is 1.82. The number of nitrogens with zero attached hydrogens (tertiary/aromatic N) is 1. The highest BCUT2D eigenvalue weighted by Crippen LogP contribution is 2.69. The maximum atomic E-state index is 5.25. The molecule has 0 aromatic heterocycles. The smallest absolute Gasteiger partial charge is 0.134 e. The van der Waals surface area contributed by atoms with Gasteiger partial charge in [-0.05, 0) is 112 Å². The fourth-order valence-electron chi connectivity index (χ4n) is 12.5. The van der Waals surface area contributed by atoms with Crippen LogP contribution < -0.4 is 5.32 Å². The summed E-state index contributed by atoms with van der Waals surface area (Å²) in [5.74, 6) is 0.869. The van der Waals surface area contributed by atoms with E-state index in [0.29, 0.717) is 0 Å². The molecule has 0 saturated heterocycles. The first kappa shape index (κ1) is 39.9. The Morgan fingerprint density at radius 2 is 0.971 bits per heavy atom. The van der Waals surface area contributed by atoms with Crippen LogP contribution in [0.4, 0.5) is 0 Å². The van der Waals surface area contributed by atoms with Crippen LogP contribution in [0.2, 0.25) is 0 Å². The number of fused-ring (bicyclic) bond motifs is 18. The van der Waals surface area contributed by atoms with E-state index in [2.05, 4.69) is 254 Å². The van der Waals surface area contributed by atoms with Crippen molar-refractivity contribution < 1.29 is 0 Å². The third kappa shape index (κ3) is 5.60. The Morgan fingerprint density at radius 3 is 1.64 bits per heavy atom. The van der Waals surface area contributed by atoms with E-state index in [1.165, 1.54) is 93.9 Å². The number of thioether (sulfide) groups is 1. The van der Waals surface area contributed by atoms with E-state index in [4.69, 9.17) is 4.99 Å². The number of amidine groups is 1. The summed E-state index contributed by atoms with van der Waals surface area (Å²) in [6.07, 6.45) is 8.67. The van der Waals surface area contributed by atoms with Crippen LogP contribution in [-0.4, -0.2) is 5.84 Å². The zero-order valence-electron chi connectivity index (χ0n) is 37.7. The van der Waals surface area contributed by atoms with E-state index in [9.17, 15) is 0 Å². The summed E-state index contributed by atoms with van der Waals surface area (Å²) in [6, 6.07) is 78.9. The maximum absolute atomic E-state index is 5.25. The van der Waals surface area contributed by atoms with Crippen molar-refractivity contribution in [3.63, 3.8) is 0 Å². The Morgan fingerprint density at radius 1 is 0.435 bits per heavy atom. The number of nitrogens with one attached hydrogen (secondary N) is 1. The molecule has 1 unspecified atom stereocenters. The fourth-order valence-corrected chi connectivity index (χ4v) is 13.5. The summed E-state index contributed by atoms with van der Waals surface area (Å²) < 4.78 is 0. The van der Waals surface area contributed by atoms with Gasteiger partial charge in [-0.3, -0.25) is 0 Å². The Labute approximate surface area is 407 Å². The minimum absolute atomic E-state index is 0.0241. The van der Waals surface area contributed by atoms with Gasteiger partial charge in [0, 0.05) is 10.5 Å². The van der Waals surface area contributed by atoms with E-state index < -0.39 is 10.8 Å². The molecule has 0 amide bonds. The van der Waals surface area contributed by atoms with Crippen molar-refractivity contribution >= 4 is 28.9 Å². The van der Waals surface area contributed by atoms with Crippen molar-refractivity contribution in [2.24, 2.45) is 4.99 Å². The quantitative estimate of drug-likeness (QED) is 0.190. The molecule has 9 aromatic carbocycles. The number of rotatable bonds is 4. The largest absolute Gasteiger partial charge is 0.359 e. The number of aliphatic imine (C=N–C) groups is 1. The molecular weight excluding hydrogens is 853 g/mol. The van der Waals surface area contributed by atoms with Crippen LogP contribution in [0.15, 0.2) is 259 Å². The molecule has 5 aliphatic rings. The normalized spacial score (nSPS) is 17.9. The number of hydrogen-bond acceptors (Lipinski definition) is 3. The molecule has 3 heteroatoms. The van der Waals surface area contributed by atoms with Gasteiger partial charge < -0.3 is 5.32 Å². The average Bonchev–Trinajstić information content (AvgIpc) is 3.88. The predicted molar refractivity (Wildman–Crippen MR) is 286 cm³/mol. The number of allylic oxidation sites excluding steroid dienone is 4. The summed E-state index contributed by atoms with van der Waals surface area (Å²) in [6.45, 7) is 4.67. The first-order valence-corrected chi connectivity index (χ1v) is 24.7. The zero-order chi connectivity index (χ0) is 45.7. The van der Waals surface area contributed by atoms with Gasteiger partial charge in [-0.15, -0.1) is 0 Å². The van der Waals surface area contributed by atoms with Crippen molar-refractivity contribution in [2.75, 3.05) is 0 Å². The second-order valence-corrected chi connectivity index (χ2v) is 19.5. The summed E-state index contributed by atoms with van der Waals surface area (Å²) in [5.41, 5.74) is 23.4. The fraction of sp³-hybridized carbons (Fsp3) is 0.0455. The molecule has 0 radical (unpaired) electrons. The number of hydrogen-bond donors (Lipinski definition) is 1. The first-order valence-electron chi connectivity index (χ1n) is 23.8. The molecule has 9 aromatic rings. The second-order valence-electron chi connectivity index (χ2n) is 18.6. The van der Waals surface area contributed by atoms with Gasteiger partial charge in [0.1, 0.15) is 5.84 Å². The molecule has 2 nitrogen and oxygen atoms in total. The molecule has 0 saturated carbocycles. The van der Waals surface area contributed by atoms with Crippen molar-refractivity contribution in [3.8, 4) is 33.4 Å². The van der Waals surface area contributed by atoms with Gasteiger partial charge >= 0.3 is 0 Å². The van der Waals surface area contributed by atoms with E-state index in [-0.39, 0.29) is 6.04 Å². The van der Waals surface area contributed by atoms with E-state index in [0.717, 1.165) is 28.2 Å². The first-order chi connectivity index (χ1) is 34.2. The van der Waals surface area contributed by atoms with Crippen LogP contribution in [0.1, 0.15) is 72.8 Å². The third-order valence-electron chi connectivity index (χ3n) is 15.3. The third-order valence-corrected chi connectivity index (χ3v) is 16.2. The second kappa shape index (κ2) is 15.4. The molecule has 324 valence electrons. The topological polar surface area (TPSA) is 24.4 Å². The van der Waals surface area contributed by atoms with Gasteiger partial charge in [-0.25, -0.2) is 4.99 Å². The van der Waals surface area contributed by atoms with Gasteiger partial charge in [0.25, 0.3) is 0 Å². The van der Waals surface area contributed by atoms with Crippen molar-refractivity contribution in [1.82, 2.24) is 5.32 Å². The van der Waals surface area contributed by atoms with Crippen molar-refractivity contribution in [2.45, 2.75) is 21.8 Å². The lowest BCUT2D eigenvalue weighted by Crippen LogP contribution is -2.44. The van der Waals surface area contributed by atoms with Gasteiger partial charge in [-0.1, -0.05) is 249 Å². The van der Waals surface area contributed by atoms with Crippen LogP contribution in [0.3, 0.4) is 0 Å². The lowest BCUT2D eigenvalue weighted by Gasteiger charge is -2.49. The SMILES string of the molecule is C=C1/C=C\C=C/Sc2c1ccc1c2C2(c3ccccc3C3(c4ccccc4-c4ccccc43)c3ccccc32)c2cccc(-c3ccc(C4=CC(c5ccccc5)NC(c5ccccc5)=N4)cc3)c2-1. The molecule has 69 heavy (non-hydrogen) atoms. The molecule has 1 N–H and O–H groups in total. The monoisotopic (exact) mass is 896 g/mol. The highest BCUT2D eigenvalue weighted by atomic mass is 32.2. The molecule has 3 aliphatic carbocycles. The molecule has 0 fully saturated rings. The van der Waals surface area contributed by atoms with Gasteiger partial charge in [0.15, 0.2) is 0 Å². The summed E-state index contributed by atoms with van der Waals surface area (Å²) in [4.78, 5) is 6.51. The minimum Gasteiger partial charge on any atom is -0.359 e. The molecule has 2 spiro atoms. The molecular formula is C66H44N2S. The summed E-state index contributed by atoms with van der Waals surface area (Å²) in [5, 5.41) is 5.96. The minimum atomic E-state index is -0.657. The number of benzene rings is 9. The van der Waals surface area contributed by atoms with Crippen LogP contribution in [-0.2, 0) is 10.8 Å². The molecule has 2 heterocycles. The van der Waals surface area contributed by atoms with Crippen LogP contribution >= 0.6 is 11.8 Å². The van der Waals surface area contributed by atoms with Crippen LogP contribution in [0, 0.1) is 0 Å². The van der Waals surface area contributed by atoms with Gasteiger partial charge in [0.2, 0.25) is 0 Å². The van der Waals surface area contributed by atoms with Crippen molar-refractivity contribution in [1.29, 1.82) is 0 Å². The highest BCUT2D eigenvalue weighted by molar-refractivity contribution is 8.02. The van der Waals surface area contributed by atoms with Gasteiger partial charge in [0.05, 0.1) is 22.6 Å². The zero-order valence-corrected chi connectivity index (χ0v) is 38.6. The maximum Gasteiger partial charge on any atom is 0.134 e. The van der Waals surface area contributed by atoms with E-state index in [1.807, 2.05) is 11.8 Å². The van der Waals surface area contributed by atoms with Crippen LogP contribution in [0.5, 0.6) is 0 Å². The lowest BCUT2D eigenvalue weighted by atomic mass is 9.52. The molecule has 0 bridgehead atoms. The lowest BCUT2D eigenvalue weighted by molar-refractivity contribution is 0.626. The van der Waals surface area contributed by atoms with Crippen LogP contribution in [0.25, 0.3) is 44.7 Å². The molecule has 2 aliphatic heterocycles. The Balaban J connectivity index is 1.01. The summed E-state index contributed by atoms with van der Waals surface area (Å²) in [7, 11) is 0. The molecule has 14 rings (SSSR count). The van der Waals surface area contributed by atoms with E-state index >= 15 is 0 Å². The Hall–Kier alpha value is -8.24. The van der Waals surface area contributed by atoms with E-state index in [1.54, 1.807) is 0 Å². The standard InChI is InChI=1S/C66H44N2S/c1-42-19-16-17-40-69-63-47(42)38-39-51-61-48(43-34-36-45(37-35-43)60-41-59(44-20-4-2-5-21-44)67-64(68-60)46-22-6-3-7-23-46)26-18-33-58(61)66(62(51)63)56-31-14-12-29-54(56)65(55-30-13-15-32-57(55)66)52-27-10-8-24-49(52)50-25-9-11-28-53(50)65/h2-41,59H,1H2,(H,67,68)/b19-16-,40-17-. The predicted octanol–water partition coefficient (Wildman–Crippen LogP) is 15.7.